The lowest BCUT2D eigenvalue weighted by atomic mass is 9.96. The molecular formula is C18H20ClN5. The fourth-order valence-electron chi connectivity index (χ4n) is 2.55. The van der Waals surface area contributed by atoms with Crippen LogP contribution in [-0.4, -0.2) is 20.2 Å². The molecule has 0 amide bonds. The molecule has 124 valence electrons. The maximum atomic E-state index is 5.98. The quantitative estimate of drug-likeness (QED) is 0.749. The molecule has 2 aromatic carbocycles. The van der Waals surface area contributed by atoms with Crippen molar-refractivity contribution in [3.05, 3.63) is 64.9 Å². The minimum atomic E-state index is -0.404. The third kappa shape index (κ3) is 3.26. The van der Waals surface area contributed by atoms with E-state index in [1.54, 1.807) is 4.68 Å². The predicted molar refractivity (Wildman–Crippen MR) is 96.6 cm³/mol. The number of halogens is 1. The van der Waals surface area contributed by atoms with Crippen molar-refractivity contribution < 1.29 is 0 Å². The molecule has 0 saturated heterocycles. The number of aryl methyl sites for hydroxylation is 1. The summed E-state index contributed by atoms with van der Waals surface area (Å²) in [6.45, 7) is 6.29. The van der Waals surface area contributed by atoms with Gasteiger partial charge >= 0.3 is 0 Å². The fraction of sp³-hybridized carbons (Fsp3) is 0.278. The summed E-state index contributed by atoms with van der Waals surface area (Å²) in [6, 6.07) is 15.8. The van der Waals surface area contributed by atoms with Gasteiger partial charge in [0.05, 0.1) is 11.2 Å². The highest BCUT2D eigenvalue weighted by Gasteiger charge is 2.31. The molecule has 1 aromatic heterocycles. The zero-order valence-electron chi connectivity index (χ0n) is 14.0. The van der Waals surface area contributed by atoms with Gasteiger partial charge in [0, 0.05) is 10.7 Å². The Morgan fingerprint density at radius 2 is 1.75 bits per heavy atom. The second kappa shape index (κ2) is 6.61. The molecule has 0 spiro atoms. The van der Waals surface area contributed by atoms with Gasteiger partial charge < -0.3 is 5.32 Å². The van der Waals surface area contributed by atoms with Crippen LogP contribution in [0, 0.1) is 6.92 Å². The van der Waals surface area contributed by atoms with Crippen molar-refractivity contribution in [3.8, 4) is 5.69 Å². The molecule has 0 saturated carbocycles. The zero-order chi connectivity index (χ0) is 17.2. The van der Waals surface area contributed by atoms with Crippen molar-refractivity contribution in [2.45, 2.75) is 32.7 Å². The monoisotopic (exact) mass is 341 g/mol. The predicted octanol–water partition coefficient (Wildman–Crippen LogP) is 4.36. The maximum absolute atomic E-state index is 5.98. The van der Waals surface area contributed by atoms with Crippen molar-refractivity contribution in [3.63, 3.8) is 0 Å². The van der Waals surface area contributed by atoms with Crippen LogP contribution in [-0.2, 0) is 5.54 Å². The van der Waals surface area contributed by atoms with Gasteiger partial charge in [0.25, 0.3) is 0 Å². The van der Waals surface area contributed by atoms with E-state index in [4.69, 9.17) is 11.6 Å². The molecule has 24 heavy (non-hydrogen) atoms. The van der Waals surface area contributed by atoms with Crippen LogP contribution in [0.1, 0.15) is 31.7 Å². The smallest absolute Gasteiger partial charge is 0.181 e. The summed E-state index contributed by atoms with van der Waals surface area (Å²) < 4.78 is 1.75. The summed E-state index contributed by atoms with van der Waals surface area (Å²) in [4.78, 5) is 0. The Morgan fingerprint density at radius 1 is 1.08 bits per heavy atom. The molecule has 1 unspecified atom stereocenters. The Kier molecular flexibility index (Phi) is 4.53. The van der Waals surface area contributed by atoms with Crippen molar-refractivity contribution in [2.24, 2.45) is 0 Å². The number of anilines is 1. The second-order valence-electron chi connectivity index (χ2n) is 6.07. The minimum absolute atomic E-state index is 0.404. The van der Waals surface area contributed by atoms with Crippen molar-refractivity contribution in [2.75, 3.05) is 5.32 Å². The molecule has 0 aliphatic rings. The average molecular weight is 342 g/mol. The lowest BCUT2D eigenvalue weighted by Gasteiger charge is -2.29. The lowest BCUT2D eigenvalue weighted by Crippen LogP contribution is -2.34. The number of nitrogens with zero attached hydrogens (tertiary/aromatic N) is 4. The summed E-state index contributed by atoms with van der Waals surface area (Å²) in [5, 5.41) is 16.6. The Morgan fingerprint density at radius 3 is 2.38 bits per heavy atom. The molecule has 1 atom stereocenters. The summed E-state index contributed by atoms with van der Waals surface area (Å²) >= 11 is 5.98. The van der Waals surface area contributed by atoms with Crippen molar-refractivity contribution in [1.29, 1.82) is 0 Å². The van der Waals surface area contributed by atoms with E-state index in [0.717, 1.165) is 23.6 Å². The van der Waals surface area contributed by atoms with Gasteiger partial charge in [0.15, 0.2) is 5.82 Å². The van der Waals surface area contributed by atoms with Gasteiger partial charge in [0.1, 0.15) is 0 Å². The molecule has 5 nitrogen and oxygen atoms in total. The van der Waals surface area contributed by atoms with Crippen LogP contribution in [0.3, 0.4) is 0 Å². The Hall–Kier alpha value is -2.40. The molecule has 1 heterocycles. The van der Waals surface area contributed by atoms with E-state index < -0.39 is 5.54 Å². The third-order valence-electron chi connectivity index (χ3n) is 4.21. The normalized spacial score (nSPS) is 13.5. The number of rotatable bonds is 5. The van der Waals surface area contributed by atoms with Gasteiger partial charge in [-0.05, 0) is 67.1 Å². The number of hydrogen-bond acceptors (Lipinski definition) is 4. The molecule has 0 fully saturated rings. The minimum Gasteiger partial charge on any atom is -0.373 e. The van der Waals surface area contributed by atoms with E-state index in [-0.39, 0.29) is 0 Å². The van der Waals surface area contributed by atoms with E-state index >= 15 is 0 Å². The zero-order valence-corrected chi connectivity index (χ0v) is 14.7. The summed E-state index contributed by atoms with van der Waals surface area (Å²) in [5.41, 5.74) is 2.74. The highest BCUT2D eigenvalue weighted by molar-refractivity contribution is 6.30. The fourth-order valence-corrected chi connectivity index (χ4v) is 2.67. The molecule has 6 heteroatoms. The molecule has 0 aliphatic carbocycles. The Labute approximate surface area is 146 Å². The van der Waals surface area contributed by atoms with Crippen molar-refractivity contribution >= 4 is 17.3 Å². The van der Waals surface area contributed by atoms with Gasteiger partial charge in [-0.2, -0.15) is 4.68 Å². The van der Waals surface area contributed by atoms with E-state index in [9.17, 15) is 0 Å². The van der Waals surface area contributed by atoms with Crippen LogP contribution < -0.4 is 5.32 Å². The van der Waals surface area contributed by atoms with Gasteiger partial charge in [-0.15, -0.1) is 5.10 Å². The van der Waals surface area contributed by atoms with E-state index in [1.165, 1.54) is 5.56 Å². The maximum Gasteiger partial charge on any atom is 0.181 e. The van der Waals surface area contributed by atoms with Gasteiger partial charge in [-0.3, -0.25) is 0 Å². The summed E-state index contributed by atoms with van der Waals surface area (Å²) in [5.74, 6) is 0.757. The first-order valence-corrected chi connectivity index (χ1v) is 8.29. The lowest BCUT2D eigenvalue weighted by molar-refractivity contribution is 0.474. The highest BCUT2D eigenvalue weighted by Crippen LogP contribution is 2.29. The van der Waals surface area contributed by atoms with Crippen LogP contribution in [0.5, 0.6) is 0 Å². The molecule has 0 radical (unpaired) electrons. The first kappa shape index (κ1) is 16.5. The molecular weight excluding hydrogens is 322 g/mol. The topological polar surface area (TPSA) is 55.6 Å². The highest BCUT2D eigenvalue weighted by atomic mass is 35.5. The SMILES string of the molecule is CCC(C)(Nc1ccc(C)cc1)c1nnnn1-c1ccc(Cl)cc1. The standard InChI is InChI=1S/C18H20ClN5/c1-4-18(3,20-15-9-5-13(2)6-10-15)17-21-22-23-24(17)16-11-7-14(19)8-12-16/h5-12,20H,4H2,1-3H3. The number of nitrogens with one attached hydrogen (secondary N) is 1. The van der Waals surface area contributed by atoms with Gasteiger partial charge in [-0.1, -0.05) is 36.2 Å². The molecule has 3 rings (SSSR count). The number of benzene rings is 2. The molecule has 0 bridgehead atoms. The van der Waals surface area contributed by atoms with E-state index in [2.05, 4.69) is 65.9 Å². The van der Waals surface area contributed by atoms with Gasteiger partial charge in [-0.25, -0.2) is 0 Å². The molecule has 3 aromatic rings. The van der Waals surface area contributed by atoms with Gasteiger partial charge in [0.2, 0.25) is 0 Å². The third-order valence-corrected chi connectivity index (χ3v) is 4.47. The largest absolute Gasteiger partial charge is 0.373 e. The van der Waals surface area contributed by atoms with Crippen LogP contribution >= 0.6 is 11.6 Å². The molecule has 1 N–H and O–H groups in total. The van der Waals surface area contributed by atoms with E-state index in [0.29, 0.717) is 5.02 Å². The number of tetrazole rings is 1. The number of aromatic nitrogens is 4. The van der Waals surface area contributed by atoms with Crippen LogP contribution in [0.15, 0.2) is 48.5 Å². The summed E-state index contributed by atoms with van der Waals surface area (Å²) in [6.07, 6.45) is 0.828. The summed E-state index contributed by atoms with van der Waals surface area (Å²) in [7, 11) is 0. The van der Waals surface area contributed by atoms with Crippen LogP contribution in [0.25, 0.3) is 5.69 Å². The van der Waals surface area contributed by atoms with Crippen molar-refractivity contribution in [1.82, 2.24) is 20.2 Å². The average Bonchev–Trinajstić information content (AvgIpc) is 3.08. The first-order valence-electron chi connectivity index (χ1n) is 7.91. The second-order valence-corrected chi connectivity index (χ2v) is 6.50. The first-order chi connectivity index (χ1) is 11.5. The Bertz CT molecular complexity index is 810. The van der Waals surface area contributed by atoms with E-state index in [1.807, 2.05) is 24.3 Å². The Balaban J connectivity index is 1.97. The molecule has 0 aliphatic heterocycles. The number of hydrogen-bond donors (Lipinski definition) is 1. The van der Waals surface area contributed by atoms with Crippen LogP contribution in [0.2, 0.25) is 5.02 Å². The van der Waals surface area contributed by atoms with Crippen LogP contribution in [0.4, 0.5) is 5.69 Å².